The summed E-state index contributed by atoms with van der Waals surface area (Å²) >= 11 is 5.12. The van der Waals surface area contributed by atoms with Crippen molar-refractivity contribution in [2.24, 2.45) is 11.0 Å². The number of benzene rings is 1. The van der Waals surface area contributed by atoms with E-state index in [0.717, 1.165) is 11.8 Å². The number of aromatic nitrogens is 1. The monoisotopic (exact) mass is 381 g/mol. The van der Waals surface area contributed by atoms with Crippen LogP contribution in [0.15, 0.2) is 53.8 Å². The Kier molecular flexibility index (Phi) is 5.32. The molecule has 1 aliphatic heterocycles. The second kappa shape index (κ2) is 7.83. The van der Waals surface area contributed by atoms with Crippen molar-refractivity contribution in [2.75, 3.05) is 4.90 Å². The highest BCUT2D eigenvalue weighted by Gasteiger charge is 2.38. The van der Waals surface area contributed by atoms with Crippen LogP contribution in [-0.2, 0) is 9.59 Å². The zero-order valence-corrected chi connectivity index (χ0v) is 15.1. The summed E-state index contributed by atoms with van der Waals surface area (Å²) in [7, 11) is 0. The van der Waals surface area contributed by atoms with Crippen molar-refractivity contribution >= 4 is 47.0 Å². The van der Waals surface area contributed by atoms with Crippen molar-refractivity contribution in [3.63, 3.8) is 0 Å². The van der Waals surface area contributed by atoms with Gasteiger partial charge in [0.05, 0.1) is 5.69 Å². The van der Waals surface area contributed by atoms with Gasteiger partial charge in [0.1, 0.15) is 5.69 Å². The maximum absolute atomic E-state index is 12.7. The summed E-state index contributed by atoms with van der Waals surface area (Å²) in [6.45, 7) is 1.92. The highest BCUT2D eigenvalue weighted by Crippen LogP contribution is 2.20. The number of amides is 3. The molecule has 0 radical (unpaired) electrons. The van der Waals surface area contributed by atoms with Crippen LogP contribution < -0.4 is 15.6 Å². The van der Waals surface area contributed by atoms with Crippen LogP contribution in [0.4, 0.5) is 5.69 Å². The molecule has 0 saturated carbocycles. The Labute approximate surface area is 160 Å². The third-order valence-electron chi connectivity index (χ3n) is 3.78. The number of carbonyl (C=O) groups is 3. The van der Waals surface area contributed by atoms with Crippen LogP contribution in [0, 0.1) is 12.8 Å². The van der Waals surface area contributed by atoms with Crippen LogP contribution in [0.1, 0.15) is 16.1 Å². The van der Waals surface area contributed by atoms with Crippen molar-refractivity contribution in [1.29, 1.82) is 0 Å². The van der Waals surface area contributed by atoms with Gasteiger partial charge in [0.25, 0.3) is 11.8 Å². The third kappa shape index (κ3) is 4.04. The first-order valence-corrected chi connectivity index (χ1v) is 8.38. The standard InChI is InChI=1S/C18H15N5O3S/c1-11-5-7-12(8-6-11)23-17(26)13(15(24)21-18(23)27)10-20-22-16(25)14-4-2-3-9-19-14/h2-10,13H,1H3,(H,22,25)(H,21,24,27)/b20-10+/t13-/m0/s1. The highest BCUT2D eigenvalue weighted by molar-refractivity contribution is 7.80. The van der Waals surface area contributed by atoms with Crippen LogP contribution in [0.5, 0.6) is 0 Å². The quantitative estimate of drug-likeness (QED) is 0.358. The summed E-state index contributed by atoms with van der Waals surface area (Å²) in [5.74, 6) is -2.93. The number of hydrazone groups is 1. The molecule has 8 nitrogen and oxygen atoms in total. The van der Waals surface area contributed by atoms with Crippen LogP contribution >= 0.6 is 12.2 Å². The molecule has 1 saturated heterocycles. The van der Waals surface area contributed by atoms with Gasteiger partial charge >= 0.3 is 0 Å². The summed E-state index contributed by atoms with van der Waals surface area (Å²) < 4.78 is 0. The number of carbonyl (C=O) groups excluding carboxylic acids is 3. The topological polar surface area (TPSA) is 104 Å². The number of anilines is 1. The van der Waals surface area contributed by atoms with Crippen molar-refractivity contribution in [3.8, 4) is 0 Å². The molecule has 1 aliphatic rings. The Morgan fingerprint density at radius 2 is 2.00 bits per heavy atom. The summed E-state index contributed by atoms with van der Waals surface area (Å²) in [4.78, 5) is 41.9. The predicted octanol–water partition coefficient (Wildman–Crippen LogP) is 1.17. The molecule has 3 amide bonds. The molecule has 0 spiro atoms. The predicted molar refractivity (Wildman–Crippen MR) is 103 cm³/mol. The largest absolute Gasteiger partial charge is 0.301 e. The average molecular weight is 381 g/mol. The number of nitrogens with one attached hydrogen (secondary N) is 2. The van der Waals surface area contributed by atoms with E-state index in [9.17, 15) is 14.4 Å². The second-order valence-electron chi connectivity index (χ2n) is 5.72. The van der Waals surface area contributed by atoms with Gasteiger partial charge in [0.2, 0.25) is 5.91 Å². The molecule has 136 valence electrons. The number of thiocarbonyl (C=S) groups is 1. The molecule has 1 aromatic heterocycles. The van der Waals surface area contributed by atoms with Gasteiger partial charge in [0.15, 0.2) is 11.0 Å². The zero-order valence-electron chi connectivity index (χ0n) is 14.2. The summed E-state index contributed by atoms with van der Waals surface area (Å²) in [5, 5.41) is 6.19. The maximum Gasteiger partial charge on any atom is 0.289 e. The Bertz CT molecular complexity index is 928. The van der Waals surface area contributed by atoms with Crippen molar-refractivity contribution in [1.82, 2.24) is 15.7 Å². The molecular formula is C18H15N5O3S. The van der Waals surface area contributed by atoms with E-state index < -0.39 is 23.6 Å². The van der Waals surface area contributed by atoms with Crippen molar-refractivity contribution in [3.05, 3.63) is 59.9 Å². The summed E-state index contributed by atoms with van der Waals surface area (Å²) in [6.07, 6.45) is 2.54. The summed E-state index contributed by atoms with van der Waals surface area (Å²) in [6, 6.07) is 12.0. The fraction of sp³-hybridized carbons (Fsp3) is 0.111. The minimum Gasteiger partial charge on any atom is -0.301 e. The number of hydrogen-bond donors (Lipinski definition) is 2. The Morgan fingerprint density at radius 3 is 2.67 bits per heavy atom. The first kappa shape index (κ1) is 18.3. The Balaban J connectivity index is 1.75. The van der Waals surface area contributed by atoms with Gasteiger partial charge in [-0.05, 0) is 43.4 Å². The summed E-state index contributed by atoms with van der Waals surface area (Å²) in [5.41, 5.74) is 3.96. The van der Waals surface area contributed by atoms with E-state index in [1.807, 2.05) is 19.1 Å². The van der Waals surface area contributed by atoms with Crippen LogP contribution in [0.25, 0.3) is 0 Å². The van der Waals surface area contributed by atoms with E-state index >= 15 is 0 Å². The van der Waals surface area contributed by atoms with E-state index in [1.165, 1.54) is 17.2 Å². The zero-order chi connectivity index (χ0) is 19.4. The lowest BCUT2D eigenvalue weighted by molar-refractivity contribution is -0.130. The van der Waals surface area contributed by atoms with Gasteiger partial charge in [-0.25, -0.2) is 5.43 Å². The van der Waals surface area contributed by atoms with Crippen LogP contribution in [0.2, 0.25) is 0 Å². The van der Waals surface area contributed by atoms with E-state index in [2.05, 4.69) is 20.8 Å². The molecule has 1 fully saturated rings. The fourth-order valence-corrected chi connectivity index (χ4v) is 2.68. The van der Waals surface area contributed by atoms with E-state index in [0.29, 0.717) is 5.69 Å². The molecular weight excluding hydrogens is 366 g/mol. The highest BCUT2D eigenvalue weighted by atomic mass is 32.1. The second-order valence-corrected chi connectivity index (χ2v) is 6.10. The average Bonchev–Trinajstić information content (AvgIpc) is 2.66. The molecule has 27 heavy (non-hydrogen) atoms. The lowest BCUT2D eigenvalue weighted by atomic mass is 10.1. The Morgan fingerprint density at radius 1 is 1.26 bits per heavy atom. The molecule has 3 rings (SSSR count). The van der Waals surface area contributed by atoms with Crippen LogP contribution in [0.3, 0.4) is 0 Å². The normalized spacial score (nSPS) is 17.1. The number of pyridine rings is 1. The SMILES string of the molecule is Cc1ccc(N2C(=O)[C@@H](/C=N/NC(=O)c3ccccn3)C(=O)NC2=S)cc1. The molecule has 2 heterocycles. The lowest BCUT2D eigenvalue weighted by Crippen LogP contribution is -2.58. The molecule has 1 aromatic carbocycles. The van der Waals surface area contributed by atoms with E-state index in [1.54, 1.807) is 24.3 Å². The van der Waals surface area contributed by atoms with Gasteiger partial charge in [-0.2, -0.15) is 5.10 Å². The molecule has 2 aromatic rings. The molecule has 2 N–H and O–H groups in total. The molecule has 0 aliphatic carbocycles. The molecule has 9 heteroatoms. The van der Waals surface area contributed by atoms with Crippen molar-refractivity contribution in [2.45, 2.75) is 6.92 Å². The van der Waals surface area contributed by atoms with Gasteiger partial charge in [-0.15, -0.1) is 0 Å². The minimum absolute atomic E-state index is 0.00368. The number of aryl methyl sites for hydroxylation is 1. The first-order valence-electron chi connectivity index (χ1n) is 7.97. The third-order valence-corrected chi connectivity index (χ3v) is 4.07. The Hall–Kier alpha value is -3.46. The fourth-order valence-electron chi connectivity index (χ4n) is 2.38. The van der Waals surface area contributed by atoms with E-state index in [-0.39, 0.29) is 10.8 Å². The first-order chi connectivity index (χ1) is 13.0. The smallest absolute Gasteiger partial charge is 0.289 e. The van der Waals surface area contributed by atoms with Gasteiger partial charge in [0, 0.05) is 12.4 Å². The van der Waals surface area contributed by atoms with Crippen molar-refractivity contribution < 1.29 is 14.4 Å². The molecule has 1 atom stereocenters. The molecule has 0 bridgehead atoms. The van der Waals surface area contributed by atoms with Crippen LogP contribution in [-0.4, -0.2) is 34.0 Å². The maximum atomic E-state index is 12.7. The van der Waals surface area contributed by atoms with Gasteiger partial charge in [-0.3, -0.25) is 24.3 Å². The molecule has 0 unspecified atom stereocenters. The number of hydrogen-bond acceptors (Lipinski definition) is 6. The minimum atomic E-state index is -1.22. The van der Waals surface area contributed by atoms with E-state index in [4.69, 9.17) is 12.2 Å². The number of nitrogens with zero attached hydrogens (tertiary/aromatic N) is 3. The van der Waals surface area contributed by atoms with Gasteiger partial charge in [-0.1, -0.05) is 23.8 Å². The lowest BCUT2D eigenvalue weighted by Gasteiger charge is -2.30. The number of rotatable bonds is 4. The van der Waals surface area contributed by atoms with Gasteiger partial charge < -0.3 is 5.32 Å².